The lowest BCUT2D eigenvalue weighted by Gasteiger charge is -2.58. The van der Waals surface area contributed by atoms with Crippen LogP contribution >= 0.6 is 0 Å². The number of rotatable bonds is 4. The number of benzene rings is 1. The van der Waals surface area contributed by atoms with Crippen LogP contribution in [-0.4, -0.2) is 30.1 Å². The maximum Gasteiger partial charge on any atom is 0.573 e. The van der Waals surface area contributed by atoms with Gasteiger partial charge in [0.15, 0.2) is 5.78 Å². The quantitative estimate of drug-likeness (QED) is 0.472. The van der Waals surface area contributed by atoms with Crippen molar-refractivity contribution in [2.45, 2.75) is 65.3 Å². The molecule has 4 unspecified atom stereocenters. The van der Waals surface area contributed by atoms with Crippen molar-refractivity contribution in [3.8, 4) is 5.75 Å². The van der Waals surface area contributed by atoms with Crippen LogP contribution in [0.4, 0.5) is 23.7 Å². The van der Waals surface area contributed by atoms with E-state index in [-0.39, 0.29) is 51.8 Å². The highest BCUT2D eigenvalue weighted by Crippen LogP contribution is 2.65. The van der Waals surface area contributed by atoms with Gasteiger partial charge in [-0.1, -0.05) is 32.1 Å². The number of nitrogens with one attached hydrogen (secondary N) is 1. The van der Waals surface area contributed by atoms with Crippen LogP contribution in [-0.2, 0) is 14.3 Å². The van der Waals surface area contributed by atoms with Crippen molar-refractivity contribution in [2.75, 3.05) is 5.32 Å². The van der Waals surface area contributed by atoms with Gasteiger partial charge in [0.1, 0.15) is 17.6 Å². The van der Waals surface area contributed by atoms with E-state index in [1.807, 2.05) is 6.08 Å². The third-order valence-corrected chi connectivity index (χ3v) is 9.49. The Bertz CT molecular complexity index is 1220. The predicted octanol–water partition coefficient (Wildman–Crippen LogP) is 6.63. The van der Waals surface area contributed by atoms with E-state index in [1.165, 1.54) is 12.1 Å². The summed E-state index contributed by atoms with van der Waals surface area (Å²) in [6.07, 6.45) is 2.92. The number of alkyl halides is 3. The molecule has 1 aromatic rings. The van der Waals surface area contributed by atoms with Gasteiger partial charge in [0.2, 0.25) is 0 Å². The van der Waals surface area contributed by atoms with Gasteiger partial charge in [0.25, 0.3) is 0 Å². The minimum atomic E-state index is -4.85. The summed E-state index contributed by atoms with van der Waals surface area (Å²) in [5.41, 5.74) is 0.305. The summed E-state index contributed by atoms with van der Waals surface area (Å²) in [7, 11) is 0. The number of carbonyl (C=O) groups excluding carboxylic acids is 3. The molecule has 0 saturated heterocycles. The molecular formula is C29H32F3NO5. The number of allylic oxidation sites excluding steroid dienone is 4. The van der Waals surface area contributed by atoms with Crippen LogP contribution in [0.25, 0.3) is 0 Å². The monoisotopic (exact) mass is 531 g/mol. The molecule has 38 heavy (non-hydrogen) atoms. The summed E-state index contributed by atoms with van der Waals surface area (Å²) >= 11 is 0. The number of halogens is 3. The zero-order valence-corrected chi connectivity index (χ0v) is 21.6. The smallest absolute Gasteiger partial charge is 0.446 e. The van der Waals surface area contributed by atoms with Gasteiger partial charge in [-0.25, -0.2) is 4.79 Å². The van der Waals surface area contributed by atoms with Crippen LogP contribution in [0, 0.1) is 34.5 Å². The first kappa shape index (κ1) is 26.5. The van der Waals surface area contributed by atoms with E-state index in [2.05, 4.69) is 30.0 Å². The van der Waals surface area contributed by atoms with Crippen molar-refractivity contribution in [1.29, 1.82) is 0 Å². The molecule has 204 valence electrons. The molecule has 4 aliphatic rings. The highest BCUT2D eigenvalue weighted by atomic mass is 19.4. The van der Waals surface area contributed by atoms with Crippen molar-refractivity contribution in [3.63, 3.8) is 0 Å². The molecule has 1 N–H and O–H groups in total. The average molecular weight is 532 g/mol. The van der Waals surface area contributed by atoms with Crippen molar-refractivity contribution in [3.05, 3.63) is 48.1 Å². The Hall–Kier alpha value is -3.10. The first-order valence-electron chi connectivity index (χ1n) is 13.1. The molecule has 4 aliphatic carbocycles. The number of hydrogen-bond acceptors (Lipinski definition) is 5. The minimum Gasteiger partial charge on any atom is -0.446 e. The molecule has 0 bridgehead atoms. The molecule has 0 aliphatic heterocycles. The fourth-order valence-electron chi connectivity index (χ4n) is 7.93. The first-order chi connectivity index (χ1) is 17.8. The normalized spacial score (nSPS) is 35.9. The standard InChI is InChI=1S/C29H32F3NO5/c1-16(34)22-9-10-23-21-8-7-17-13-19(35)11-12-27(17,2)25(21)24(15-28(22,23)3)37-26(36)33-18-5-4-6-20(14-18)38-29(30,31)32/h4-8,13-14,21-25H,9-12,15H2,1-3H3,(H,33,36)/t21?,22-,23+,24?,25?,27-,28?/m1/s1. The zero-order chi connectivity index (χ0) is 27.5. The predicted molar refractivity (Wildman–Crippen MR) is 133 cm³/mol. The van der Waals surface area contributed by atoms with Gasteiger partial charge >= 0.3 is 12.5 Å². The van der Waals surface area contributed by atoms with Gasteiger partial charge in [0.05, 0.1) is 0 Å². The van der Waals surface area contributed by atoms with Gasteiger partial charge in [-0.2, -0.15) is 0 Å². The summed E-state index contributed by atoms with van der Waals surface area (Å²) in [4.78, 5) is 38.0. The van der Waals surface area contributed by atoms with E-state index >= 15 is 0 Å². The lowest BCUT2D eigenvalue weighted by molar-refractivity contribution is -0.274. The molecule has 7 atom stereocenters. The van der Waals surface area contributed by atoms with Crippen LogP contribution in [0.5, 0.6) is 5.75 Å². The molecule has 0 aromatic heterocycles. The summed E-state index contributed by atoms with van der Waals surface area (Å²) in [6, 6.07) is 5.02. The fraction of sp³-hybridized carbons (Fsp3) is 0.552. The molecule has 2 saturated carbocycles. The second-order valence-electron chi connectivity index (χ2n) is 11.6. The Morgan fingerprint density at radius 3 is 2.63 bits per heavy atom. The summed E-state index contributed by atoms with van der Waals surface area (Å²) < 4.78 is 48.0. The van der Waals surface area contributed by atoms with Crippen molar-refractivity contribution < 1.29 is 37.0 Å². The second-order valence-corrected chi connectivity index (χ2v) is 11.6. The highest BCUT2D eigenvalue weighted by Gasteiger charge is 2.63. The van der Waals surface area contributed by atoms with Crippen molar-refractivity contribution in [2.24, 2.45) is 34.5 Å². The van der Waals surface area contributed by atoms with Crippen LogP contribution in [0.15, 0.2) is 48.1 Å². The highest BCUT2D eigenvalue weighted by molar-refractivity contribution is 5.92. The summed E-state index contributed by atoms with van der Waals surface area (Å²) in [5.74, 6) is -0.165. The molecule has 9 heteroatoms. The van der Waals surface area contributed by atoms with E-state index < -0.39 is 24.3 Å². The molecule has 6 nitrogen and oxygen atoms in total. The number of Topliss-reactive ketones (excluding diaryl/α,β-unsaturated/α-hetero) is 1. The Balaban J connectivity index is 1.45. The Kier molecular flexibility index (Phi) is 6.47. The molecule has 2 fully saturated rings. The largest absolute Gasteiger partial charge is 0.573 e. The van der Waals surface area contributed by atoms with Crippen LogP contribution < -0.4 is 10.1 Å². The van der Waals surface area contributed by atoms with Gasteiger partial charge < -0.3 is 9.47 Å². The molecule has 1 aromatic carbocycles. The van der Waals surface area contributed by atoms with Crippen LogP contribution in [0.3, 0.4) is 0 Å². The molecule has 5 rings (SSSR count). The summed E-state index contributed by atoms with van der Waals surface area (Å²) in [5, 5.41) is 2.55. The first-order valence-corrected chi connectivity index (χ1v) is 13.1. The maximum absolute atomic E-state index is 13.1. The second kappa shape index (κ2) is 9.27. The average Bonchev–Trinajstić information content (AvgIpc) is 3.15. The topological polar surface area (TPSA) is 81.7 Å². The third-order valence-electron chi connectivity index (χ3n) is 9.49. The van der Waals surface area contributed by atoms with Gasteiger partial charge in [0, 0.05) is 30.0 Å². The van der Waals surface area contributed by atoms with Crippen LogP contribution in [0.1, 0.15) is 52.9 Å². The van der Waals surface area contributed by atoms with Crippen molar-refractivity contribution >= 4 is 23.3 Å². The van der Waals surface area contributed by atoms with Gasteiger partial charge in [-0.15, -0.1) is 13.2 Å². The van der Waals surface area contributed by atoms with E-state index in [0.29, 0.717) is 19.3 Å². The lowest BCUT2D eigenvalue weighted by atomic mass is 9.47. The van der Waals surface area contributed by atoms with Crippen molar-refractivity contribution in [1.82, 2.24) is 0 Å². The summed E-state index contributed by atoms with van der Waals surface area (Å²) in [6.45, 7) is 5.86. The Morgan fingerprint density at radius 2 is 1.92 bits per heavy atom. The zero-order valence-electron chi connectivity index (χ0n) is 21.6. The number of carbonyl (C=O) groups is 3. The molecular weight excluding hydrogens is 499 g/mol. The third kappa shape index (κ3) is 4.64. The SMILES string of the molecule is CC(=O)[C@H]1CC[C@H]2C3C=CC4=CC(=O)CC[C@@]4(C)C3C(OC(=O)Nc3cccc(OC(F)(F)F)c3)CC12C. The number of amides is 1. The van der Waals surface area contributed by atoms with E-state index in [4.69, 9.17) is 4.74 Å². The lowest BCUT2D eigenvalue weighted by Crippen LogP contribution is -2.57. The molecule has 1 amide bonds. The number of ether oxygens (including phenoxy) is 2. The van der Waals surface area contributed by atoms with E-state index in [0.717, 1.165) is 30.5 Å². The molecule has 0 heterocycles. The number of anilines is 1. The molecule has 0 radical (unpaired) electrons. The van der Waals surface area contributed by atoms with Gasteiger partial charge in [-0.05, 0) is 79.1 Å². The Morgan fingerprint density at radius 1 is 1.16 bits per heavy atom. The number of hydrogen-bond donors (Lipinski definition) is 1. The van der Waals surface area contributed by atoms with E-state index in [9.17, 15) is 27.6 Å². The minimum absolute atomic E-state index is 0.0646. The van der Waals surface area contributed by atoms with Gasteiger partial charge in [-0.3, -0.25) is 14.9 Å². The number of ketones is 2. The number of fused-ring (bicyclic) bond motifs is 5. The van der Waals surface area contributed by atoms with E-state index in [1.54, 1.807) is 13.0 Å². The maximum atomic E-state index is 13.1. The fourth-order valence-corrected chi connectivity index (χ4v) is 7.93. The van der Waals surface area contributed by atoms with Crippen LogP contribution in [0.2, 0.25) is 0 Å². The Labute approximate surface area is 219 Å². The molecule has 0 spiro atoms.